The van der Waals surface area contributed by atoms with E-state index in [4.69, 9.17) is 19.3 Å². The second kappa shape index (κ2) is 5.69. The van der Waals surface area contributed by atoms with E-state index in [1.807, 2.05) is 38.1 Å². The molecule has 100 valence electrons. The van der Waals surface area contributed by atoms with Crippen molar-refractivity contribution in [2.24, 2.45) is 0 Å². The molecule has 1 aromatic rings. The van der Waals surface area contributed by atoms with Gasteiger partial charge in [-0.25, -0.2) is 0 Å². The van der Waals surface area contributed by atoms with Crippen LogP contribution in [0.15, 0.2) is 24.3 Å². The van der Waals surface area contributed by atoms with Crippen LogP contribution in [0.25, 0.3) is 0 Å². The maximum atomic E-state index is 8.99. The summed E-state index contributed by atoms with van der Waals surface area (Å²) in [7, 11) is 0. The van der Waals surface area contributed by atoms with E-state index in [1.54, 1.807) is 0 Å². The van der Waals surface area contributed by atoms with E-state index in [1.165, 1.54) is 0 Å². The van der Waals surface area contributed by atoms with Crippen LogP contribution < -0.4 is 4.74 Å². The highest BCUT2D eigenvalue weighted by Gasteiger charge is 2.33. The third-order valence-electron chi connectivity index (χ3n) is 2.85. The standard InChI is InChI=1S/C14H20O4/c1-14(2)17-10-12(18-14)9-16-13-6-4-3-5-11(13)7-8-15/h3-6,12,15H,7-10H2,1-2H3. The minimum absolute atomic E-state index is 0.0396. The fraction of sp³-hybridized carbons (Fsp3) is 0.571. The summed E-state index contributed by atoms with van der Waals surface area (Å²) in [6.07, 6.45) is 0.561. The third-order valence-corrected chi connectivity index (χ3v) is 2.85. The summed E-state index contributed by atoms with van der Waals surface area (Å²) >= 11 is 0. The molecule has 0 spiro atoms. The van der Waals surface area contributed by atoms with Crippen molar-refractivity contribution in [2.45, 2.75) is 32.2 Å². The van der Waals surface area contributed by atoms with Gasteiger partial charge in [0.2, 0.25) is 0 Å². The number of rotatable bonds is 5. The summed E-state index contributed by atoms with van der Waals surface area (Å²) in [5.41, 5.74) is 1.01. The minimum atomic E-state index is -0.515. The summed E-state index contributed by atoms with van der Waals surface area (Å²) < 4.78 is 16.9. The summed E-state index contributed by atoms with van der Waals surface area (Å²) in [6.45, 7) is 4.93. The molecule has 1 aliphatic heterocycles. The topological polar surface area (TPSA) is 47.9 Å². The Labute approximate surface area is 107 Å². The van der Waals surface area contributed by atoms with E-state index in [2.05, 4.69) is 0 Å². The predicted molar refractivity (Wildman–Crippen MR) is 67.6 cm³/mol. The van der Waals surface area contributed by atoms with Crippen LogP contribution in [0.5, 0.6) is 5.75 Å². The number of benzene rings is 1. The maximum Gasteiger partial charge on any atom is 0.163 e. The number of ether oxygens (including phenoxy) is 3. The van der Waals surface area contributed by atoms with Crippen molar-refractivity contribution < 1.29 is 19.3 Å². The van der Waals surface area contributed by atoms with Gasteiger partial charge in [0.15, 0.2) is 5.79 Å². The Morgan fingerprint density at radius 2 is 2.17 bits per heavy atom. The zero-order chi connectivity index (χ0) is 13.0. The lowest BCUT2D eigenvalue weighted by Crippen LogP contribution is -2.25. The van der Waals surface area contributed by atoms with Crippen LogP contribution in [0.1, 0.15) is 19.4 Å². The average molecular weight is 252 g/mol. The highest BCUT2D eigenvalue weighted by molar-refractivity contribution is 5.33. The first-order valence-electron chi connectivity index (χ1n) is 6.24. The molecule has 1 fully saturated rings. The number of aliphatic hydroxyl groups excluding tert-OH is 1. The smallest absolute Gasteiger partial charge is 0.163 e. The van der Waals surface area contributed by atoms with Gasteiger partial charge in [0, 0.05) is 6.61 Å². The van der Waals surface area contributed by atoms with Gasteiger partial charge in [-0.15, -0.1) is 0 Å². The number of hydrogen-bond acceptors (Lipinski definition) is 4. The van der Waals surface area contributed by atoms with Crippen LogP contribution in [-0.2, 0) is 15.9 Å². The Kier molecular flexibility index (Phi) is 4.22. The molecule has 4 heteroatoms. The van der Waals surface area contributed by atoms with Gasteiger partial charge < -0.3 is 19.3 Å². The summed E-state index contributed by atoms with van der Waals surface area (Å²) in [6, 6.07) is 7.73. The van der Waals surface area contributed by atoms with Gasteiger partial charge in [0.25, 0.3) is 0 Å². The lowest BCUT2D eigenvalue weighted by atomic mass is 10.1. The van der Waals surface area contributed by atoms with Crippen LogP contribution in [0.2, 0.25) is 0 Å². The molecule has 0 saturated carbocycles. The molecule has 18 heavy (non-hydrogen) atoms. The normalized spacial score (nSPS) is 22.1. The van der Waals surface area contributed by atoms with E-state index in [0.717, 1.165) is 11.3 Å². The first kappa shape index (κ1) is 13.3. The first-order valence-corrected chi connectivity index (χ1v) is 6.24. The van der Waals surface area contributed by atoms with Crippen LogP contribution in [-0.4, -0.2) is 36.8 Å². The van der Waals surface area contributed by atoms with Gasteiger partial charge in [-0.1, -0.05) is 18.2 Å². The van der Waals surface area contributed by atoms with Crippen molar-refractivity contribution in [3.05, 3.63) is 29.8 Å². The fourth-order valence-corrected chi connectivity index (χ4v) is 2.00. The molecule has 1 N–H and O–H groups in total. The van der Waals surface area contributed by atoms with Crippen molar-refractivity contribution in [1.29, 1.82) is 0 Å². The summed E-state index contributed by atoms with van der Waals surface area (Å²) in [5.74, 6) is 0.290. The predicted octanol–water partition coefficient (Wildman–Crippen LogP) is 1.75. The van der Waals surface area contributed by atoms with Crippen molar-refractivity contribution in [1.82, 2.24) is 0 Å². The molecule has 0 aliphatic carbocycles. The zero-order valence-corrected chi connectivity index (χ0v) is 10.9. The lowest BCUT2D eigenvalue weighted by molar-refractivity contribution is -0.141. The molecular formula is C14H20O4. The SMILES string of the molecule is CC1(C)OCC(COc2ccccc2CCO)O1. The van der Waals surface area contributed by atoms with Crippen LogP contribution in [0.3, 0.4) is 0 Å². The minimum Gasteiger partial charge on any atom is -0.491 e. The van der Waals surface area contributed by atoms with Crippen LogP contribution >= 0.6 is 0 Å². The quantitative estimate of drug-likeness (QED) is 0.867. The van der Waals surface area contributed by atoms with Crippen molar-refractivity contribution in [2.75, 3.05) is 19.8 Å². The van der Waals surface area contributed by atoms with Crippen LogP contribution in [0, 0.1) is 0 Å². The second-order valence-electron chi connectivity index (χ2n) is 4.84. The average Bonchev–Trinajstić information content (AvgIpc) is 2.68. The summed E-state index contributed by atoms with van der Waals surface area (Å²) in [5, 5.41) is 8.99. The largest absolute Gasteiger partial charge is 0.491 e. The highest BCUT2D eigenvalue weighted by atomic mass is 16.7. The maximum absolute atomic E-state index is 8.99. The molecule has 4 nitrogen and oxygen atoms in total. The molecular weight excluding hydrogens is 232 g/mol. The van der Waals surface area contributed by atoms with Gasteiger partial charge in [0.1, 0.15) is 18.5 Å². The molecule has 0 aromatic heterocycles. The number of hydrogen-bond donors (Lipinski definition) is 1. The lowest BCUT2D eigenvalue weighted by Gasteiger charge is -2.18. The molecule has 1 aliphatic rings. The Balaban J connectivity index is 1.90. The fourth-order valence-electron chi connectivity index (χ4n) is 2.00. The van der Waals surface area contributed by atoms with Gasteiger partial charge >= 0.3 is 0 Å². The molecule has 0 amide bonds. The Morgan fingerprint density at radius 3 is 2.83 bits per heavy atom. The number of aliphatic hydroxyl groups is 1. The molecule has 2 rings (SSSR count). The molecule has 1 unspecified atom stereocenters. The molecule has 1 heterocycles. The third kappa shape index (κ3) is 3.45. The van der Waals surface area contributed by atoms with Gasteiger partial charge in [-0.2, -0.15) is 0 Å². The first-order chi connectivity index (χ1) is 8.61. The molecule has 1 atom stereocenters. The van der Waals surface area contributed by atoms with E-state index >= 15 is 0 Å². The monoisotopic (exact) mass is 252 g/mol. The van der Waals surface area contributed by atoms with Gasteiger partial charge in [0.05, 0.1) is 6.61 Å². The zero-order valence-electron chi connectivity index (χ0n) is 10.9. The van der Waals surface area contributed by atoms with Crippen molar-refractivity contribution in [3.63, 3.8) is 0 Å². The highest BCUT2D eigenvalue weighted by Crippen LogP contribution is 2.24. The molecule has 0 radical (unpaired) electrons. The Bertz CT molecular complexity index is 389. The Morgan fingerprint density at radius 1 is 1.39 bits per heavy atom. The molecule has 1 aromatic carbocycles. The Hall–Kier alpha value is -1.10. The van der Waals surface area contributed by atoms with E-state index in [9.17, 15) is 0 Å². The van der Waals surface area contributed by atoms with E-state index < -0.39 is 5.79 Å². The van der Waals surface area contributed by atoms with E-state index in [-0.39, 0.29) is 12.7 Å². The van der Waals surface area contributed by atoms with Crippen molar-refractivity contribution in [3.8, 4) is 5.75 Å². The molecule has 0 bridgehead atoms. The number of para-hydroxylation sites is 1. The van der Waals surface area contributed by atoms with Crippen LogP contribution in [0.4, 0.5) is 0 Å². The second-order valence-corrected chi connectivity index (χ2v) is 4.84. The van der Waals surface area contributed by atoms with Gasteiger partial charge in [-0.3, -0.25) is 0 Å². The summed E-state index contributed by atoms with van der Waals surface area (Å²) in [4.78, 5) is 0. The van der Waals surface area contributed by atoms with Gasteiger partial charge in [-0.05, 0) is 31.9 Å². The van der Waals surface area contributed by atoms with Crippen molar-refractivity contribution >= 4 is 0 Å². The molecule has 1 saturated heterocycles. The van der Waals surface area contributed by atoms with E-state index in [0.29, 0.717) is 19.6 Å².